The number of nitrogens with zero attached hydrogens (tertiary/aromatic N) is 2. The number of hydrogen-bond acceptors (Lipinski definition) is 5. The highest BCUT2D eigenvalue weighted by molar-refractivity contribution is 7.10. The van der Waals surface area contributed by atoms with E-state index in [1.54, 1.807) is 17.5 Å². The van der Waals surface area contributed by atoms with Crippen molar-refractivity contribution in [3.63, 3.8) is 0 Å². The lowest BCUT2D eigenvalue weighted by Crippen LogP contribution is -2.49. The molecule has 0 aliphatic carbocycles. The van der Waals surface area contributed by atoms with Crippen LogP contribution in [0.3, 0.4) is 0 Å². The fraction of sp³-hybridized carbons (Fsp3) is 0.375. The van der Waals surface area contributed by atoms with Gasteiger partial charge in [0.1, 0.15) is 6.04 Å². The minimum Gasteiger partial charge on any atom is -0.441 e. The SMILES string of the molecule is CCCC(NC(=O)CCc1ncc(-c2ccccc2)o1)C(=O)N1CCc2sccc2C1. The molecule has 1 N–H and O–H groups in total. The summed E-state index contributed by atoms with van der Waals surface area (Å²) in [5.74, 6) is 1.07. The summed E-state index contributed by atoms with van der Waals surface area (Å²) in [5.41, 5.74) is 2.18. The van der Waals surface area contributed by atoms with Gasteiger partial charge in [-0.15, -0.1) is 11.3 Å². The van der Waals surface area contributed by atoms with E-state index < -0.39 is 6.04 Å². The van der Waals surface area contributed by atoms with E-state index in [4.69, 9.17) is 4.42 Å². The van der Waals surface area contributed by atoms with Crippen LogP contribution in [0.2, 0.25) is 0 Å². The minimum absolute atomic E-state index is 0.00883. The topological polar surface area (TPSA) is 75.4 Å². The minimum atomic E-state index is -0.484. The van der Waals surface area contributed by atoms with Crippen molar-refractivity contribution in [2.45, 2.75) is 51.6 Å². The molecule has 1 atom stereocenters. The molecule has 0 saturated carbocycles. The molecular formula is C24H27N3O3S. The normalized spacial score (nSPS) is 14.2. The number of hydrogen-bond donors (Lipinski definition) is 1. The van der Waals surface area contributed by atoms with Crippen molar-refractivity contribution in [3.05, 3.63) is 64.3 Å². The van der Waals surface area contributed by atoms with E-state index in [0.717, 1.165) is 18.4 Å². The molecule has 4 rings (SSSR count). The number of aromatic nitrogens is 1. The van der Waals surface area contributed by atoms with Crippen LogP contribution in [0.15, 0.2) is 52.4 Å². The number of aryl methyl sites for hydroxylation is 1. The summed E-state index contributed by atoms with van der Waals surface area (Å²) in [4.78, 5) is 33.2. The first-order chi connectivity index (χ1) is 15.1. The summed E-state index contributed by atoms with van der Waals surface area (Å²) in [7, 11) is 0. The molecule has 0 spiro atoms. The fourth-order valence-corrected chi connectivity index (χ4v) is 4.74. The molecule has 1 aliphatic rings. The standard InChI is InChI=1S/C24H27N3O3S/c1-2-6-19(24(29)27-13-11-21-18(16-27)12-14-31-21)26-22(28)9-10-23-25-15-20(30-23)17-7-4-3-5-8-17/h3-5,7-8,12,14-15,19H,2,6,9-11,13,16H2,1H3,(H,26,28). The van der Waals surface area contributed by atoms with Gasteiger partial charge >= 0.3 is 0 Å². The number of carbonyl (C=O) groups is 2. The van der Waals surface area contributed by atoms with Gasteiger partial charge in [0.05, 0.1) is 6.20 Å². The largest absolute Gasteiger partial charge is 0.441 e. The summed E-state index contributed by atoms with van der Waals surface area (Å²) in [5, 5.41) is 5.02. The molecular weight excluding hydrogens is 410 g/mol. The first-order valence-electron chi connectivity index (χ1n) is 10.8. The lowest BCUT2D eigenvalue weighted by Gasteiger charge is -2.31. The molecule has 0 saturated heterocycles. The van der Waals surface area contributed by atoms with Crippen molar-refractivity contribution < 1.29 is 14.0 Å². The Balaban J connectivity index is 1.32. The van der Waals surface area contributed by atoms with Crippen molar-refractivity contribution >= 4 is 23.2 Å². The maximum absolute atomic E-state index is 13.1. The van der Waals surface area contributed by atoms with Crippen LogP contribution in [-0.4, -0.2) is 34.3 Å². The molecule has 162 valence electrons. The van der Waals surface area contributed by atoms with E-state index in [1.807, 2.05) is 42.2 Å². The van der Waals surface area contributed by atoms with Gasteiger partial charge in [0.15, 0.2) is 11.7 Å². The third-order valence-corrected chi connectivity index (χ3v) is 6.53. The van der Waals surface area contributed by atoms with Gasteiger partial charge in [-0.2, -0.15) is 0 Å². The Hall–Kier alpha value is -2.93. The number of nitrogens with one attached hydrogen (secondary N) is 1. The molecule has 3 heterocycles. The van der Waals surface area contributed by atoms with Gasteiger partial charge in [0.2, 0.25) is 11.8 Å². The zero-order valence-electron chi connectivity index (χ0n) is 17.7. The first kappa shape index (κ1) is 21.3. The maximum atomic E-state index is 13.1. The van der Waals surface area contributed by atoms with Crippen LogP contribution in [0, 0.1) is 0 Å². The van der Waals surface area contributed by atoms with E-state index >= 15 is 0 Å². The van der Waals surface area contributed by atoms with E-state index in [2.05, 4.69) is 21.7 Å². The summed E-state index contributed by atoms with van der Waals surface area (Å²) in [6.07, 6.45) is 4.66. The molecule has 6 nitrogen and oxygen atoms in total. The molecule has 0 radical (unpaired) electrons. The molecule has 3 aromatic rings. The number of oxazole rings is 1. The number of carbonyl (C=O) groups excluding carboxylic acids is 2. The Morgan fingerprint density at radius 1 is 1.26 bits per heavy atom. The lowest BCUT2D eigenvalue weighted by molar-refractivity contribution is -0.137. The Morgan fingerprint density at radius 3 is 2.90 bits per heavy atom. The van der Waals surface area contributed by atoms with Gasteiger partial charge < -0.3 is 14.6 Å². The van der Waals surface area contributed by atoms with Gasteiger partial charge in [-0.25, -0.2) is 4.98 Å². The van der Waals surface area contributed by atoms with Crippen molar-refractivity contribution in [1.29, 1.82) is 0 Å². The predicted octanol–water partition coefficient (Wildman–Crippen LogP) is 4.21. The number of fused-ring (bicyclic) bond motifs is 1. The number of rotatable bonds is 8. The average Bonchev–Trinajstić information content (AvgIpc) is 3.46. The Bertz CT molecular complexity index is 1030. The van der Waals surface area contributed by atoms with Crippen LogP contribution >= 0.6 is 11.3 Å². The zero-order valence-corrected chi connectivity index (χ0v) is 18.5. The van der Waals surface area contributed by atoms with E-state index in [1.165, 1.54) is 10.4 Å². The van der Waals surface area contributed by atoms with Crippen LogP contribution in [0.5, 0.6) is 0 Å². The van der Waals surface area contributed by atoms with Crippen molar-refractivity contribution in [1.82, 2.24) is 15.2 Å². The third kappa shape index (κ3) is 5.22. The molecule has 1 aliphatic heterocycles. The van der Waals surface area contributed by atoms with Crippen molar-refractivity contribution in [3.8, 4) is 11.3 Å². The molecule has 7 heteroatoms. The second-order valence-corrected chi connectivity index (χ2v) is 8.77. The Kier molecular flexibility index (Phi) is 6.82. The third-order valence-electron chi connectivity index (χ3n) is 5.51. The van der Waals surface area contributed by atoms with E-state index in [9.17, 15) is 9.59 Å². The number of benzene rings is 1. The van der Waals surface area contributed by atoms with E-state index in [0.29, 0.717) is 37.6 Å². The quantitative estimate of drug-likeness (QED) is 0.573. The Morgan fingerprint density at radius 2 is 2.10 bits per heavy atom. The van der Waals surface area contributed by atoms with Gasteiger partial charge in [-0.3, -0.25) is 9.59 Å². The predicted molar refractivity (Wildman–Crippen MR) is 121 cm³/mol. The van der Waals surface area contributed by atoms with Crippen LogP contribution in [0.4, 0.5) is 0 Å². The number of thiophene rings is 1. The van der Waals surface area contributed by atoms with Crippen LogP contribution in [0.1, 0.15) is 42.5 Å². The molecule has 0 fully saturated rings. The van der Waals surface area contributed by atoms with Crippen LogP contribution < -0.4 is 5.32 Å². The summed E-state index contributed by atoms with van der Waals surface area (Å²) >= 11 is 1.75. The maximum Gasteiger partial charge on any atom is 0.245 e. The average molecular weight is 438 g/mol. The molecule has 1 unspecified atom stereocenters. The fourth-order valence-electron chi connectivity index (χ4n) is 3.85. The highest BCUT2D eigenvalue weighted by Crippen LogP contribution is 2.25. The molecule has 2 aromatic heterocycles. The summed E-state index contributed by atoms with van der Waals surface area (Å²) in [6, 6.07) is 11.3. The van der Waals surface area contributed by atoms with Gasteiger partial charge in [-0.05, 0) is 29.9 Å². The van der Waals surface area contributed by atoms with Gasteiger partial charge in [0.25, 0.3) is 0 Å². The number of amides is 2. The zero-order chi connectivity index (χ0) is 21.6. The second kappa shape index (κ2) is 9.92. The van der Waals surface area contributed by atoms with Crippen LogP contribution in [0.25, 0.3) is 11.3 Å². The monoisotopic (exact) mass is 437 g/mol. The van der Waals surface area contributed by atoms with Gasteiger partial charge in [-0.1, -0.05) is 43.7 Å². The first-order valence-corrected chi connectivity index (χ1v) is 11.7. The lowest BCUT2D eigenvalue weighted by atomic mass is 10.1. The highest BCUT2D eigenvalue weighted by Gasteiger charge is 2.28. The van der Waals surface area contributed by atoms with Crippen molar-refractivity contribution in [2.24, 2.45) is 0 Å². The highest BCUT2D eigenvalue weighted by atomic mass is 32.1. The Labute approximate surface area is 186 Å². The van der Waals surface area contributed by atoms with E-state index in [-0.39, 0.29) is 18.2 Å². The summed E-state index contributed by atoms with van der Waals surface area (Å²) in [6.45, 7) is 3.37. The second-order valence-electron chi connectivity index (χ2n) is 7.77. The molecule has 2 amide bonds. The van der Waals surface area contributed by atoms with Crippen LogP contribution in [-0.2, 0) is 29.0 Å². The molecule has 1 aromatic carbocycles. The van der Waals surface area contributed by atoms with Crippen molar-refractivity contribution in [2.75, 3.05) is 6.54 Å². The smallest absolute Gasteiger partial charge is 0.245 e. The molecule has 31 heavy (non-hydrogen) atoms. The summed E-state index contributed by atoms with van der Waals surface area (Å²) < 4.78 is 5.78. The molecule has 0 bridgehead atoms. The van der Waals surface area contributed by atoms with Gasteiger partial charge in [0, 0.05) is 36.4 Å².